The Morgan fingerprint density at radius 1 is 1.28 bits per heavy atom. The molecule has 1 N–H and O–H groups in total. The van der Waals surface area contributed by atoms with Crippen molar-refractivity contribution in [3.8, 4) is 0 Å². The van der Waals surface area contributed by atoms with Gasteiger partial charge in [-0.25, -0.2) is 18.0 Å². The number of nitrogens with zero attached hydrogens (tertiary/aromatic N) is 1. The van der Waals surface area contributed by atoms with E-state index in [1.165, 1.54) is 12.0 Å². The molecule has 8 heteroatoms. The summed E-state index contributed by atoms with van der Waals surface area (Å²) in [5, 5.41) is 2.82. The largest absolute Gasteiger partial charge is 0.466 e. The Morgan fingerprint density at radius 2 is 1.96 bits per heavy atom. The summed E-state index contributed by atoms with van der Waals surface area (Å²) < 4.78 is 28.5. The van der Waals surface area contributed by atoms with Gasteiger partial charge in [0.25, 0.3) is 0 Å². The molecule has 0 bridgehead atoms. The molecule has 1 aromatic rings. The molecular weight excluding hydrogens is 344 g/mol. The van der Waals surface area contributed by atoms with Crippen LogP contribution in [0, 0.1) is 0 Å². The highest BCUT2D eigenvalue weighted by Gasteiger charge is 2.42. The zero-order chi connectivity index (χ0) is 18.2. The third kappa shape index (κ3) is 3.26. The molecule has 1 fully saturated rings. The minimum Gasteiger partial charge on any atom is -0.466 e. The molecule has 0 unspecified atom stereocenters. The number of ether oxygens (including phenoxy) is 1. The number of urea groups is 1. The van der Waals surface area contributed by atoms with Crippen LogP contribution < -0.4 is 5.32 Å². The Balaban J connectivity index is 2.05. The Hall–Kier alpha value is -2.35. The second kappa shape index (κ2) is 6.51. The van der Waals surface area contributed by atoms with E-state index < -0.39 is 33.9 Å². The zero-order valence-corrected chi connectivity index (χ0v) is 14.9. The predicted octanol–water partition coefficient (Wildman–Crippen LogP) is 1.39. The van der Waals surface area contributed by atoms with Crippen molar-refractivity contribution < 1.29 is 22.7 Å². The molecule has 3 rings (SSSR count). The zero-order valence-electron chi connectivity index (χ0n) is 14.1. The number of allylic oxidation sites excluding steroid dienone is 1. The van der Waals surface area contributed by atoms with Gasteiger partial charge in [0.1, 0.15) is 0 Å². The third-order valence-electron chi connectivity index (χ3n) is 4.64. The van der Waals surface area contributed by atoms with Crippen LogP contribution in [0.5, 0.6) is 0 Å². The van der Waals surface area contributed by atoms with Crippen LogP contribution >= 0.6 is 0 Å². The maximum absolute atomic E-state index is 12.7. The highest BCUT2D eigenvalue weighted by atomic mass is 32.2. The molecule has 2 atom stereocenters. The molecule has 2 aliphatic rings. The van der Waals surface area contributed by atoms with Crippen molar-refractivity contribution in [1.82, 2.24) is 10.2 Å². The smallest absolute Gasteiger partial charge is 0.337 e. The van der Waals surface area contributed by atoms with Crippen molar-refractivity contribution in [2.75, 3.05) is 18.6 Å². The van der Waals surface area contributed by atoms with E-state index in [-0.39, 0.29) is 11.5 Å². The van der Waals surface area contributed by atoms with Crippen molar-refractivity contribution in [3.63, 3.8) is 0 Å². The molecule has 0 radical (unpaired) electrons. The molecule has 0 aromatic heterocycles. The van der Waals surface area contributed by atoms with Crippen LogP contribution in [0.2, 0.25) is 0 Å². The number of benzene rings is 1. The summed E-state index contributed by atoms with van der Waals surface area (Å²) in [5.74, 6) is -0.593. The molecule has 2 amide bonds. The van der Waals surface area contributed by atoms with E-state index in [2.05, 4.69) is 5.32 Å². The average molecular weight is 364 g/mol. The van der Waals surface area contributed by atoms with Crippen LogP contribution in [-0.2, 0) is 19.4 Å². The summed E-state index contributed by atoms with van der Waals surface area (Å²) in [6.45, 7) is 1.66. The summed E-state index contributed by atoms with van der Waals surface area (Å²) in [5.41, 5.74) is 1.51. The lowest BCUT2D eigenvalue weighted by atomic mass is 9.94. The molecule has 7 nitrogen and oxygen atoms in total. The summed E-state index contributed by atoms with van der Waals surface area (Å²) in [6.07, 6.45) is 0.359. The Labute approximate surface area is 146 Å². The van der Waals surface area contributed by atoms with Crippen LogP contribution in [0.25, 0.3) is 0 Å². The lowest BCUT2D eigenvalue weighted by molar-refractivity contribution is -0.136. The first-order valence-electron chi connectivity index (χ1n) is 7.98. The first-order chi connectivity index (χ1) is 11.8. The first kappa shape index (κ1) is 17.5. The van der Waals surface area contributed by atoms with Crippen molar-refractivity contribution in [2.24, 2.45) is 0 Å². The van der Waals surface area contributed by atoms with Crippen LogP contribution in [0.15, 0.2) is 41.6 Å². The fourth-order valence-corrected chi connectivity index (χ4v) is 5.15. The number of sulfone groups is 1. The second-order valence-electron chi connectivity index (χ2n) is 6.21. The Morgan fingerprint density at radius 3 is 2.52 bits per heavy atom. The van der Waals surface area contributed by atoms with Crippen LogP contribution in [0.3, 0.4) is 0 Å². The Bertz CT molecular complexity index is 832. The maximum atomic E-state index is 12.7. The lowest BCUT2D eigenvalue weighted by Gasteiger charge is -2.38. The summed E-state index contributed by atoms with van der Waals surface area (Å²) in [6, 6.07) is 7.62. The van der Waals surface area contributed by atoms with Gasteiger partial charge in [0, 0.05) is 5.70 Å². The van der Waals surface area contributed by atoms with Crippen molar-refractivity contribution >= 4 is 21.8 Å². The molecule has 25 heavy (non-hydrogen) atoms. The van der Waals surface area contributed by atoms with E-state index in [0.717, 1.165) is 5.56 Å². The SMILES string of the molecule is COC(=O)C1=C(C)N([C@@H]2CCS(=O)(=O)C2)C(=O)N[C@@H]1c1ccccc1. The fourth-order valence-electron chi connectivity index (χ4n) is 3.45. The summed E-state index contributed by atoms with van der Waals surface area (Å²) in [4.78, 5) is 26.4. The van der Waals surface area contributed by atoms with Gasteiger partial charge in [-0.05, 0) is 18.9 Å². The van der Waals surface area contributed by atoms with Crippen LogP contribution in [-0.4, -0.2) is 50.0 Å². The van der Waals surface area contributed by atoms with E-state index in [1.54, 1.807) is 6.92 Å². The second-order valence-corrected chi connectivity index (χ2v) is 8.44. The topological polar surface area (TPSA) is 92.8 Å². The molecule has 0 aliphatic carbocycles. The van der Waals surface area contributed by atoms with Crippen LogP contribution in [0.1, 0.15) is 24.9 Å². The molecule has 0 spiro atoms. The van der Waals surface area contributed by atoms with Gasteiger partial charge in [-0.15, -0.1) is 0 Å². The number of carbonyl (C=O) groups excluding carboxylic acids is 2. The van der Waals surface area contributed by atoms with Gasteiger partial charge in [-0.3, -0.25) is 4.90 Å². The molecule has 134 valence electrons. The molecule has 2 aliphatic heterocycles. The number of nitrogens with one attached hydrogen (secondary N) is 1. The fraction of sp³-hybridized carbons (Fsp3) is 0.412. The maximum Gasteiger partial charge on any atom is 0.337 e. The third-order valence-corrected chi connectivity index (χ3v) is 6.39. The van der Waals surface area contributed by atoms with Gasteiger partial charge in [0.05, 0.1) is 36.3 Å². The lowest BCUT2D eigenvalue weighted by Crippen LogP contribution is -2.52. The van der Waals surface area contributed by atoms with Crippen molar-refractivity contribution in [1.29, 1.82) is 0 Å². The quantitative estimate of drug-likeness (QED) is 0.818. The first-order valence-corrected chi connectivity index (χ1v) is 9.80. The number of esters is 1. The molecule has 1 saturated heterocycles. The van der Waals surface area contributed by atoms with Gasteiger partial charge in [-0.1, -0.05) is 30.3 Å². The number of amides is 2. The van der Waals surface area contributed by atoms with E-state index in [1.807, 2.05) is 30.3 Å². The summed E-state index contributed by atoms with van der Waals surface area (Å²) in [7, 11) is -1.88. The number of carbonyl (C=O) groups is 2. The predicted molar refractivity (Wildman–Crippen MR) is 91.3 cm³/mol. The highest BCUT2D eigenvalue weighted by molar-refractivity contribution is 7.91. The monoisotopic (exact) mass is 364 g/mol. The van der Waals surface area contributed by atoms with E-state index in [0.29, 0.717) is 17.7 Å². The Kier molecular flexibility index (Phi) is 4.55. The standard InChI is InChI=1S/C17H20N2O5S/c1-11-14(16(20)24-2)15(12-6-4-3-5-7-12)18-17(21)19(11)13-8-9-25(22,23)10-13/h3-7,13,15H,8-10H2,1-2H3,(H,18,21)/t13-,15-/m1/s1. The van der Waals surface area contributed by atoms with Crippen molar-refractivity contribution in [3.05, 3.63) is 47.2 Å². The number of hydrogen-bond donors (Lipinski definition) is 1. The van der Waals surface area contributed by atoms with E-state index in [9.17, 15) is 18.0 Å². The van der Waals surface area contributed by atoms with Gasteiger partial charge >= 0.3 is 12.0 Å². The molecular formula is C17H20N2O5S. The number of methoxy groups -OCH3 is 1. The van der Waals surface area contributed by atoms with Crippen molar-refractivity contribution in [2.45, 2.75) is 25.4 Å². The number of rotatable bonds is 3. The molecule has 2 heterocycles. The van der Waals surface area contributed by atoms with Gasteiger partial charge < -0.3 is 10.1 Å². The molecule has 1 aromatic carbocycles. The van der Waals surface area contributed by atoms with E-state index >= 15 is 0 Å². The minimum absolute atomic E-state index is 0.0460. The van der Waals surface area contributed by atoms with E-state index in [4.69, 9.17) is 4.74 Å². The molecule has 0 saturated carbocycles. The van der Waals surface area contributed by atoms with Gasteiger partial charge in [-0.2, -0.15) is 0 Å². The minimum atomic E-state index is -3.16. The average Bonchev–Trinajstić information content (AvgIpc) is 2.94. The normalized spacial score (nSPS) is 25.7. The summed E-state index contributed by atoms with van der Waals surface area (Å²) >= 11 is 0. The van der Waals surface area contributed by atoms with Gasteiger partial charge in [0.2, 0.25) is 0 Å². The van der Waals surface area contributed by atoms with Gasteiger partial charge in [0.15, 0.2) is 9.84 Å². The highest BCUT2D eigenvalue weighted by Crippen LogP contribution is 2.34. The number of hydrogen-bond acceptors (Lipinski definition) is 5. The van der Waals surface area contributed by atoms with Crippen LogP contribution in [0.4, 0.5) is 4.79 Å².